The Morgan fingerprint density at radius 2 is 1.29 bits per heavy atom. The summed E-state index contributed by atoms with van der Waals surface area (Å²) in [6, 6.07) is 14.1. The first kappa shape index (κ1) is 20.6. The topological polar surface area (TPSA) is 123 Å². The second-order valence-electron chi connectivity index (χ2n) is 7.62. The number of rotatable bonds is 5. The monoisotopic (exact) mass is 420 g/mol. The summed E-state index contributed by atoms with van der Waals surface area (Å²) < 4.78 is 0. The van der Waals surface area contributed by atoms with Crippen LogP contribution in [0.25, 0.3) is 10.9 Å². The lowest BCUT2D eigenvalue weighted by Gasteiger charge is -2.20. The van der Waals surface area contributed by atoms with Crippen molar-refractivity contribution >= 4 is 28.6 Å². The Morgan fingerprint density at radius 1 is 0.710 bits per heavy atom. The summed E-state index contributed by atoms with van der Waals surface area (Å²) in [5.74, 6) is -1.57. The van der Waals surface area contributed by atoms with Gasteiger partial charge in [0.1, 0.15) is 18.1 Å². The van der Waals surface area contributed by atoms with Gasteiger partial charge in [0, 0.05) is 29.9 Å². The van der Waals surface area contributed by atoms with E-state index in [2.05, 4.69) is 20.9 Å². The van der Waals surface area contributed by atoms with E-state index in [0.717, 1.165) is 22.0 Å². The van der Waals surface area contributed by atoms with Crippen LogP contribution >= 0.6 is 0 Å². The number of carbonyl (C=O) groups is 3. The number of fused-ring (bicyclic) bond motifs is 1. The van der Waals surface area contributed by atoms with Crippen LogP contribution in [0.1, 0.15) is 11.1 Å². The van der Waals surface area contributed by atoms with E-state index < -0.39 is 42.5 Å². The van der Waals surface area contributed by atoms with Crippen molar-refractivity contribution in [2.75, 3.05) is 6.61 Å². The minimum atomic E-state index is -1.14. The van der Waals surface area contributed by atoms with E-state index in [1.165, 1.54) is 0 Å². The Morgan fingerprint density at radius 3 is 2.00 bits per heavy atom. The number of benzene rings is 2. The van der Waals surface area contributed by atoms with E-state index >= 15 is 0 Å². The van der Waals surface area contributed by atoms with Gasteiger partial charge in [-0.3, -0.25) is 14.4 Å². The average molecular weight is 420 g/mol. The molecule has 0 bridgehead atoms. The second-order valence-corrected chi connectivity index (χ2v) is 7.62. The molecule has 4 rings (SSSR count). The van der Waals surface area contributed by atoms with Gasteiger partial charge in [-0.05, 0) is 17.2 Å². The highest BCUT2D eigenvalue weighted by Gasteiger charge is 2.34. The van der Waals surface area contributed by atoms with Gasteiger partial charge in [0.2, 0.25) is 17.7 Å². The minimum absolute atomic E-state index is 0.242. The highest BCUT2D eigenvalue weighted by molar-refractivity contribution is 5.97. The van der Waals surface area contributed by atoms with Crippen LogP contribution in [0, 0.1) is 0 Å². The van der Waals surface area contributed by atoms with Gasteiger partial charge in [0.25, 0.3) is 0 Å². The molecule has 5 N–H and O–H groups in total. The fourth-order valence-corrected chi connectivity index (χ4v) is 3.80. The van der Waals surface area contributed by atoms with Gasteiger partial charge in [0.15, 0.2) is 0 Å². The third-order valence-electron chi connectivity index (χ3n) is 5.46. The van der Waals surface area contributed by atoms with Crippen molar-refractivity contribution in [2.24, 2.45) is 0 Å². The van der Waals surface area contributed by atoms with Crippen molar-refractivity contribution in [1.29, 1.82) is 0 Å². The predicted octanol–water partition coefficient (Wildman–Crippen LogP) is 0.413. The van der Waals surface area contributed by atoms with Crippen LogP contribution in [-0.2, 0) is 27.2 Å². The van der Waals surface area contributed by atoms with E-state index in [1.807, 2.05) is 60.8 Å². The Balaban J connectivity index is 1.61. The number of hydrogen-bond acceptors (Lipinski definition) is 4. The summed E-state index contributed by atoms with van der Waals surface area (Å²) >= 11 is 0. The van der Waals surface area contributed by atoms with E-state index in [9.17, 15) is 19.5 Å². The molecule has 1 aromatic heterocycles. The number of H-pyrrole nitrogens is 1. The first-order valence-electron chi connectivity index (χ1n) is 10.2. The van der Waals surface area contributed by atoms with Gasteiger partial charge in [-0.2, -0.15) is 0 Å². The highest BCUT2D eigenvalue weighted by atomic mass is 16.3. The zero-order chi connectivity index (χ0) is 21.8. The third kappa shape index (κ3) is 4.59. The zero-order valence-electron chi connectivity index (χ0n) is 16.8. The van der Waals surface area contributed by atoms with Gasteiger partial charge >= 0.3 is 0 Å². The molecule has 0 spiro atoms. The summed E-state index contributed by atoms with van der Waals surface area (Å²) in [5.41, 5.74) is 2.67. The Labute approximate surface area is 179 Å². The number of amides is 3. The predicted molar refractivity (Wildman–Crippen MR) is 115 cm³/mol. The smallest absolute Gasteiger partial charge is 0.245 e. The molecular formula is C23H24N4O4. The van der Waals surface area contributed by atoms with E-state index in [-0.39, 0.29) is 12.8 Å². The summed E-state index contributed by atoms with van der Waals surface area (Å²) in [7, 11) is 0. The summed E-state index contributed by atoms with van der Waals surface area (Å²) in [4.78, 5) is 41.6. The zero-order valence-corrected chi connectivity index (χ0v) is 16.8. The third-order valence-corrected chi connectivity index (χ3v) is 5.46. The Kier molecular flexibility index (Phi) is 5.99. The maximum Gasteiger partial charge on any atom is 0.245 e. The summed E-state index contributed by atoms with van der Waals surface area (Å²) in [6.45, 7) is -0.566. The van der Waals surface area contributed by atoms with Gasteiger partial charge in [-0.25, -0.2) is 0 Å². The number of aromatic amines is 1. The number of nitrogens with one attached hydrogen (secondary N) is 4. The van der Waals surface area contributed by atoms with E-state index in [1.54, 1.807) is 0 Å². The molecular weight excluding hydrogens is 396 g/mol. The van der Waals surface area contributed by atoms with Gasteiger partial charge in [-0.1, -0.05) is 48.5 Å². The Bertz CT molecular complexity index is 1100. The summed E-state index contributed by atoms with van der Waals surface area (Å²) in [5, 5.41) is 18.6. The molecule has 0 saturated carbocycles. The first-order chi connectivity index (χ1) is 15.0. The fourth-order valence-electron chi connectivity index (χ4n) is 3.80. The molecule has 1 aliphatic rings. The van der Waals surface area contributed by atoms with Crippen LogP contribution in [0.2, 0.25) is 0 Å². The number of aliphatic hydroxyl groups is 1. The molecule has 3 amide bonds. The van der Waals surface area contributed by atoms with E-state index in [0.29, 0.717) is 0 Å². The molecule has 2 heterocycles. The van der Waals surface area contributed by atoms with Crippen LogP contribution in [0.3, 0.4) is 0 Å². The molecule has 8 nitrogen and oxygen atoms in total. The average Bonchev–Trinajstić information content (AvgIpc) is 3.20. The number of aliphatic hydroxyl groups excluding tert-OH is 1. The molecule has 0 radical (unpaired) electrons. The van der Waals surface area contributed by atoms with Crippen LogP contribution in [-0.4, -0.2) is 52.5 Å². The molecule has 3 aromatic rings. The largest absolute Gasteiger partial charge is 0.394 e. The Hall–Kier alpha value is -3.65. The molecule has 1 saturated heterocycles. The molecule has 3 atom stereocenters. The molecule has 0 unspecified atom stereocenters. The number of para-hydroxylation sites is 1. The van der Waals surface area contributed by atoms with Crippen molar-refractivity contribution in [1.82, 2.24) is 20.9 Å². The van der Waals surface area contributed by atoms with Crippen molar-refractivity contribution in [3.05, 3.63) is 71.9 Å². The van der Waals surface area contributed by atoms with Crippen molar-refractivity contribution in [3.8, 4) is 0 Å². The number of carbonyl (C=O) groups excluding carboxylic acids is 3. The highest BCUT2D eigenvalue weighted by Crippen LogP contribution is 2.19. The molecule has 31 heavy (non-hydrogen) atoms. The van der Waals surface area contributed by atoms with Crippen LogP contribution < -0.4 is 16.0 Å². The van der Waals surface area contributed by atoms with Crippen LogP contribution in [0.15, 0.2) is 60.8 Å². The molecule has 0 aliphatic carbocycles. The molecule has 2 aromatic carbocycles. The fraction of sp³-hybridized carbons (Fsp3) is 0.261. The molecule has 1 fully saturated rings. The van der Waals surface area contributed by atoms with Gasteiger partial charge in [-0.15, -0.1) is 0 Å². The number of aromatic nitrogens is 1. The van der Waals surface area contributed by atoms with Crippen molar-refractivity contribution in [2.45, 2.75) is 31.0 Å². The van der Waals surface area contributed by atoms with Crippen LogP contribution in [0.5, 0.6) is 0 Å². The normalized spacial score (nSPS) is 22.1. The van der Waals surface area contributed by atoms with Gasteiger partial charge in [0.05, 0.1) is 6.61 Å². The lowest BCUT2D eigenvalue weighted by Crippen LogP contribution is -2.52. The lowest BCUT2D eigenvalue weighted by molar-refractivity contribution is -0.130. The minimum Gasteiger partial charge on any atom is -0.394 e. The molecule has 1 aliphatic heterocycles. The maximum absolute atomic E-state index is 13.0. The van der Waals surface area contributed by atoms with Crippen molar-refractivity contribution in [3.63, 3.8) is 0 Å². The van der Waals surface area contributed by atoms with E-state index in [4.69, 9.17) is 0 Å². The second kappa shape index (κ2) is 9.01. The SMILES string of the molecule is O=C1N[C@@H](Cc2ccccc2)C(=O)N[C@@H](Cc2c[nH]c3ccccc23)C(=O)N[C@H]1CO. The quantitative estimate of drug-likeness (QED) is 0.410. The van der Waals surface area contributed by atoms with Crippen molar-refractivity contribution < 1.29 is 19.5 Å². The lowest BCUT2D eigenvalue weighted by atomic mass is 10.0. The number of hydrogen-bond donors (Lipinski definition) is 5. The molecule has 160 valence electrons. The van der Waals surface area contributed by atoms with Gasteiger partial charge < -0.3 is 26.0 Å². The summed E-state index contributed by atoms with van der Waals surface area (Å²) in [6.07, 6.45) is 2.32. The van der Waals surface area contributed by atoms with Crippen LogP contribution in [0.4, 0.5) is 0 Å². The first-order valence-corrected chi connectivity index (χ1v) is 10.2. The molecule has 8 heteroatoms. The maximum atomic E-state index is 13.0. The standard InChI is InChI=1S/C23H24N4O4/c28-13-20-23(31)25-18(10-14-6-2-1-3-7-14)21(29)26-19(22(30)27-20)11-15-12-24-17-9-5-4-8-16(15)17/h1-9,12,18-20,24,28H,10-11,13H2,(H,25,31)(H,26,29)(H,27,30)/t18-,19-,20-/m0/s1.